The summed E-state index contributed by atoms with van der Waals surface area (Å²) in [5, 5.41) is 10.4. The molecule has 0 aromatic heterocycles. The lowest BCUT2D eigenvalue weighted by atomic mass is 10.2. The molecule has 0 amide bonds. The minimum Gasteiger partial charge on any atom is -0.393 e. The normalized spacial score (nSPS) is 8.93. The average Bonchev–Trinajstić information content (AvgIpc) is 2.14. The average molecular weight is 191 g/mol. The van der Waals surface area contributed by atoms with Gasteiger partial charge in [-0.1, -0.05) is 11.8 Å². The van der Waals surface area contributed by atoms with Crippen LogP contribution in [0, 0.1) is 22.0 Å². The molecule has 14 heavy (non-hydrogen) atoms. The van der Waals surface area contributed by atoms with Crippen LogP contribution in [0.5, 0.6) is 0 Å². The molecule has 4 N–H and O–H groups in total. The first-order valence-electron chi connectivity index (χ1n) is 3.88. The minimum atomic E-state index is -0.532. The lowest BCUT2D eigenvalue weighted by Crippen LogP contribution is -1.96. The molecule has 0 fully saturated rings. The SMILES string of the molecule is NCC#Cc1ccc([N+](=O)[O-])c(N)c1. The van der Waals surface area contributed by atoms with Crippen molar-refractivity contribution in [2.45, 2.75) is 0 Å². The smallest absolute Gasteiger partial charge is 0.292 e. The maximum absolute atomic E-state index is 10.4. The minimum absolute atomic E-state index is 0.108. The van der Waals surface area contributed by atoms with Gasteiger partial charge in [-0.2, -0.15) is 0 Å². The van der Waals surface area contributed by atoms with Crippen LogP contribution in [0.2, 0.25) is 0 Å². The lowest BCUT2D eigenvalue weighted by molar-refractivity contribution is -0.383. The van der Waals surface area contributed by atoms with Crippen molar-refractivity contribution >= 4 is 11.4 Å². The van der Waals surface area contributed by atoms with Crippen LogP contribution >= 0.6 is 0 Å². The molecule has 0 aliphatic heterocycles. The number of anilines is 1. The molecule has 0 heterocycles. The summed E-state index contributed by atoms with van der Waals surface area (Å²) in [4.78, 5) is 9.88. The number of benzene rings is 1. The van der Waals surface area contributed by atoms with Gasteiger partial charge in [0.25, 0.3) is 5.69 Å². The summed E-state index contributed by atoms with van der Waals surface area (Å²) < 4.78 is 0. The predicted octanol–water partition coefficient (Wildman–Crippen LogP) is 0.487. The molecule has 72 valence electrons. The summed E-state index contributed by atoms with van der Waals surface area (Å²) in [6.45, 7) is 0.247. The third-order valence-electron chi connectivity index (χ3n) is 1.56. The Labute approximate surface area is 80.9 Å². The fourth-order valence-corrected chi connectivity index (χ4v) is 0.952. The van der Waals surface area contributed by atoms with Gasteiger partial charge in [0.15, 0.2) is 0 Å². The topological polar surface area (TPSA) is 95.2 Å². The number of nitrogens with two attached hydrogens (primary N) is 2. The fourth-order valence-electron chi connectivity index (χ4n) is 0.952. The Bertz CT molecular complexity index is 418. The number of nitro groups is 1. The molecule has 1 rings (SSSR count). The largest absolute Gasteiger partial charge is 0.393 e. The Morgan fingerprint density at radius 1 is 1.50 bits per heavy atom. The van der Waals surface area contributed by atoms with Gasteiger partial charge in [-0.25, -0.2) is 0 Å². The molecule has 5 nitrogen and oxygen atoms in total. The molecule has 1 aromatic rings. The van der Waals surface area contributed by atoms with E-state index in [4.69, 9.17) is 11.5 Å². The Morgan fingerprint density at radius 3 is 2.71 bits per heavy atom. The van der Waals surface area contributed by atoms with Crippen molar-refractivity contribution in [1.29, 1.82) is 0 Å². The summed E-state index contributed by atoms with van der Waals surface area (Å²) in [6, 6.07) is 4.33. The van der Waals surface area contributed by atoms with Gasteiger partial charge in [-0.3, -0.25) is 10.1 Å². The Kier molecular flexibility index (Phi) is 3.05. The monoisotopic (exact) mass is 191 g/mol. The van der Waals surface area contributed by atoms with Gasteiger partial charge in [0.2, 0.25) is 0 Å². The molecule has 0 bridgehead atoms. The molecule has 0 atom stereocenters. The number of hydrogen-bond acceptors (Lipinski definition) is 4. The van der Waals surface area contributed by atoms with E-state index in [0.29, 0.717) is 5.56 Å². The fraction of sp³-hybridized carbons (Fsp3) is 0.111. The first-order chi connectivity index (χ1) is 6.65. The van der Waals surface area contributed by atoms with Crippen LogP contribution < -0.4 is 11.5 Å². The molecule has 0 aliphatic carbocycles. The summed E-state index contributed by atoms with van der Waals surface area (Å²) in [7, 11) is 0. The zero-order chi connectivity index (χ0) is 10.6. The standard InChI is InChI=1S/C9H9N3O2/c10-5-1-2-7-3-4-9(12(13)14)8(11)6-7/h3-4,6H,5,10-11H2. The molecule has 0 spiro atoms. The summed E-state index contributed by atoms with van der Waals surface area (Å²) >= 11 is 0. The van der Waals surface area contributed by atoms with Crippen molar-refractivity contribution in [1.82, 2.24) is 0 Å². The van der Waals surface area contributed by atoms with Crippen LogP contribution in [0.1, 0.15) is 5.56 Å². The lowest BCUT2D eigenvalue weighted by Gasteiger charge is -1.96. The molecule has 0 aliphatic rings. The van der Waals surface area contributed by atoms with Crippen LogP contribution in [0.15, 0.2) is 18.2 Å². The van der Waals surface area contributed by atoms with Crippen LogP contribution in [-0.2, 0) is 0 Å². The van der Waals surface area contributed by atoms with E-state index in [2.05, 4.69) is 11.8 Å². The molecule has 1 aromatic carbocycles. The molecular weight excluding hydrogens is 182 g/mol. The highest BCUT2D eigenvalue weighted by Crippen LogP contribution is 2.21. The number of hydrogen-bond donors (Lipinski definition) is 2. The van der Waals surface area contributed by atoms with Gasteiger partial charge in [0, 0.05) is 11.6 Å². The first-order valence-corrected chi connectivity index (χ1v) is 3.88. The van der Waals surface area contributed by atoms with Gasteiger partial charge in [0.1, 0.15) is 5.69 Å². The van der Waals surface area contributed by atoms with E-state index < -0.39 is 4.92 Å². The van der Waals surface area contributed by atoms with Crippen LogP contribution in [0.25, 0.3) is 0 Å². The van der Waals surface area contributed by atoms with Crippen molar-refractivity contribution in [2.75, 3.05) is 12.3 Å². The number of rotatable bonds is 1. The second-order valence-corrected chi connectivity index (χ2v) is 2.54. The van der Waals surface area contributed by atoms with Crippen molar-refractivity contribution < 1.29 is 4.92 Å². The van der Waals surface area contributed by atoms with E-state index in [1.165, 1.54) is 18.2 Å². The Hall–Kier alpha value is -2.06. The molecule has 0 saturated carbocycles. The quantitative estimate of drug-likeness (QED) is 0.292. The number of nitrogens with zero attached hydrogens (tertiary/aromatic N) is 1. The van der Waals surface area contributed by atoms with Gasteiger partial charge in [-0.15, -0.1) is 0 Å². The van der Waals surface area contributed by atoms with Gasteiger partial charge >= 0.3 is 0 Å². The summed E-state index contributed by atoms with van der Waals surface area (Å²) in [5.74, 6) is 5.37. The first kappa shape index (κ1) is 10.0. The second-order valence-electron chi connectivity index (χ2n) is 2.54. The zero-order valence-electron chi connectivity index (χ0n) is 7.36. The van der Waals surface area contributed by atoms with Gasteiger partial charge in [-0.05, 0) is 12.1 Å². The predicted molar refractivity (Wildman–Crippen MR) is 53.4 cm³/mol. The van der Waals surface area contributed by atoms with E-state index >= 15 is 0 Å². The maximum Gasteiger partial charge on any atom is 0.292 e. The molecule has 5 heteroatoms. The van der Waals surface area contributed by atoms with Gasteiger partial charge in [0.05, 0.1) is 11.5 Å². The van der Waals surface area contributed by atoms with Crippen LogP contribution in [-0.4, -0.2) is 11.5 Å². The van der Waals surface area contributed by atoms with Crippen LogP contribution in [0.4, 0.5) is 11.4 Å². The van der Waals surface area contributed by atoms with Crippen molar-refractivity contribution in [3.63, 3.8) is 0 Å². The number of nitrogen functional groups attached to an aromatic ring is 1. The van der Waals surface area contributed by atoms with E-state index in [9.17, 15) is 10.1 Å². The molecule has 0 radical (unpaired) electrons. The molecule has 0 saturated heterocycles. The Morgan fingerprint density at radius 2 is 2.21 bits per heavy atom. The number of nitro benzene ring substituents is 1. The molecule has 0 unspecified atom stereocenters. The maximum atomic E-state index is 10.4. The van der Waals surface area contributed by atoms with Crippen LogP contribution in [0.3, 0.4) is 0 Å². The van der Waals surface area contributed by atoms with Crippen molar-refractivity contribution in [2.24, 2.45) is 5.73 Å². The van der Waals surface area contributed by atoms with Gasteiger partial charge < -0.3 is 11.5 Å². The van der Waals surface area contributed by atoms with E-state index in [-0.39, 0.29) is 17.9 Å². The van der Waals surface area contributed by atoms with E-state index in [1.807, 2.05) is 0 Å². The third kappa shape index (κ3) is 2.21. The third-order valence-corrected chi connectivity index (χ3v) is 1.56. The summed E-state index contributed by atoms with van der Waals surface area (Å²) in [6.07, 6.45) is 0. The van der Waals surface area contributed by atoms with Crippen molar-refractivity contribution in [3.8, 4) is 11.8 Å². The highest BCUT2D eigenvalue weighted by Gasteiger charge is 2.09. The second kappa shape index (κ2) is 4.25. The highest BCUT2D eigenvalue weighted by molar-refractivity contribution is 5.61. The highest BCUT2D eigenvalue weighted by atomic mass is 16.6. The van der Waals surface area contributed by atoms with E-state index in [0.717, 1.165) is 0 Å². The summed E-state index contributed by atoms with van der Waals surface area (Å²) in [5.41, 5.74) is 11.3. The Balaban J connectivity index is 3.06. The van der Waals surface area contributed by atoms with Crippen molar-refractivity contribution in [3.05, 3.63) is 33.9 Å². The van der Waals surface area contributed by atoms with E-state index in [1.54, 1.807) is 0 Å². The zero-order valence-corrected chi connectivity index (χ0v) is 7.36. The molecular formula is C9H9N3O2.